The van der Waals surface area contributed by atoms with E-state index < -0.39 is 0 Å². The van der Waals surface area contributed by atoms with Gasteiger partial charge in [-0.25, -0.2) is 9.78 Å². The number of esters is 1. The predicted molar refractivity (Wildman–Crippen MR) is 116 cm³/mol. The minimum absolute atomic E-state index is 0.00758. The predicted octanol–water partition coefficient (Wildman–Crippen LogP) is 3.58. The van der Waals surface area contributed by atoms with Crippen molar-refractivity contribution >= 4 is 11.9 Å². The summed E-state index contributed by atoms with van der Waals surface area (Å²) in [5.41, 5.74) is 6.40. The van der Waals surface area contributed by atoms with E-state index >= 15 is 0 Å². The van der Waals surface area contributed by atoms with Crippen LogP contribution in [-0.2, 0) is 15.9 Å². The molecule has 5 rings (SSSR count). The van der Waals surface area contributed by atoms with Gasteiger partial charge < -0.3 is 14.4 Å². The number of fused-ring (bicyclic) bond motifs is 3. The van der Waals surface area contributed by atoms with Gasteiger partial charge in [-0.2, -0.15) is 0 Å². The molecule has 31 heavy (non-hydrogen) atoms. The molecule has 2 heterocycles. The van der Waals surface area contributed by atoms with Crippen LogP contribution in [0, 0.1) is 0 Å². The molecule has 6 heteroatoms. The Hall–Kier alpha value is -3.51. The molecule has 0 atom stereocenters. The van der Waals surface area contributed by atoms with Crippen LogP contribution in [0.1, 0.15) is 31.8 Å². The Balaban J connectivity index is 1.57. The summed E-state index contributed by atoms with van der Waals surface area (Å²) >= 11 is 0. The molecule has 0 saturated carbocycles. The van der Waals surface area contributed by atoms with Gasteiger partial charge >= 0.3 is 5.97 Å². The molecular formula is C25H22N2O4. The highest BCUT2D eigenvalue weighted by molar-refractivity contribution is 5.98. The van der Waals surface area contributed by atoms with Gasteiger partial charge in [0.15, 0.2) is 0 Å². The highest BCUT2D eigenvalue weighted by Gasteiger charge is 2.28. The van der Waals surface area contributed by atoms with Crippen LogP contribution in [0.3, 0.4) is 0 Å². The number of methoxy groups -OCH3 is 1. The quantitative estimate of drug-likeness (QED) is 0.480. The Labute approximate surface area is 180 Å². The zero-order valence-corrected chi connectivity index (χ0v) is 17.3. The molecule has 1 saturated heterocycles. The van der Waals surface area contributed by atoms with Crippen LogP contribution in [0.25, 0.3) is 22.5 Å². The van der Waals surface area contributed by atoms with Crippen LogP contribution in [0.15, 0.2) is 54.6 Å². The van der Waals surface area contributed by atoms with E-state index in [4.69, 9.17) is 14.5 Å². The van der Waals surface area contributed by atoms with Gasteiger partial charge in [0, 0.05) is 36.2 Å². The lowest BCUT2D eigenvalue weighted by molar-refractivity contribution is 0.0303. The number of morpholine rings is 1. The number of ether oxygens (including phenoxy) is 2. The molecule has 0 N–H and O–H groups in total. The van der Waals surface area contributed by atoms with E-state index in [1.807, 2.05) is 53.4 Å². The molecule has 1 aromatic heterocycles. The van der Waals surface area contributed by atoms with Gasteiger partial charge in [0.25, 0.3) is 5.91 Å². The average Bonchev–Trinajstić information content (AvgIpc) is 3.21. The Morgan fingerprint density at radius 3 is 2.55 bits per heavy atom. The van der Waals surface area contributed by atoms with Crippen LogP contribution in [0.4, 0.5) is 0 Å². The van der Waals surface area contributed by atoms with Gasteiger partial charge in [0.2, 0.25) is 0 Å². The summed E-state index contributed by atoms with van der Waals surface area (Å²) in [5, 5.41) is 0. The summed E-state index contributed by atoms with van der Waals surface area (Å²) in [6.07, 6.45) is 0.543. The van der Waals surface area contributed by atoms with Crippen molar-refractivity contribution in [3.8, 4) is 22.5 Å². The molecular weight excluding hydrogens is 392 g/mol. The molecule has 1 amide bonds. The number of amides is 1. The number of benzene rings is 2. The topological polar surface area (TPSA) is 68.7 Å². The number of carbonyl (C=O) groups is 2. The molecule has 0 radical (unpaired) electrons. The lowest BCUT2D eigenvalue weighted by atomic mass is 10.0. The van der Waals surface area contributed by atoms with Crippen molar-refractivity contribution in [1.82, 2.24) is 9.88 Å². The van der Waals surface area contributed by atoms with Crippen LogP contribution in [0.2, 0.25) is 0 Å². The minimum Gasteiger partial charge on any atom is -0.465 e. The fraction of sp³-hybridized carbons (Fsp3) is 0.240. The van der Waals surface area contributed by atoms with Crippen molar-refractivity contribution in [2.45, 2.75) is 6.42 Å². The van der Waals surface area contributed by atoms with E-state index in [1.165, 1.54) is 7.11 Å². The Bertz CT molecular complexity index is 1170. The molecule has 6 nitrogen and oxygen atoms in total. The van der Waals surface area contributed by atoms with E-state index in [1.54, 1.807) is 6.07 Å². The molecule has 0 spiro atoms. The second-order valence-corrected chi connectivity index (χ2v) is 7.69. The number of nitrogens with zero attached hydrogens (tertiary/aromatic N) is 2. The number of carbonyl (C=O) groups excluding carboxylic acids is 2. The first kappa shape index (κ1) is 19.5. The Morgan fingerprint density at radius 2 is 1.81 bits per heavy atom. The summed E-state index contributed by atoms with van der Waals surface area (Å²) in [6, 6.07) is 17.3. The summed E-state index contributed by atoms with van der Waals surface area (Å²) in [6.45, 7) is 2.34. The Kier molecular flexibility index (Phi) is 5.00. The van der Waals surface area contributed by atoms with Crippen molar-refractivity contribution in [3.05, 3.63) is 76.9 Å². The largest absolute Gasteiger partial charge is 0.465 e. The second-order valence-electron chi connectivity index (χ2n) is 7.69. The number of pyridine rings is 1. The summed E-state index contributed by atoms with van der Waals surface area (Å²) in [7, 11) is 1.39. The zero-order valence-electron chi connectivity index (χ0n) is 17.3. The van der Waals surface area contributed by atoms with Crippen LogP contribution >= 0.6 is 0 Å². The molecule has 156 valence electrons. The summed E-state index contributed by atoms with van der Waals surface area (Å²) < 4.78 is 10.4. The normalized spacial score (nSPS) is 14.7. The zero-order chi connectivity index (χ0) is 21.4. The monoisotopic (exact) mass is 414 g/mol. The molecule has 0 unspecified atom stereocenters. The first-order chi connectivity index (χ1) is 15.2. The smallest absolute Gasteiger partial charge is 0.338 e. The fourth-order valence-electron chi connectivity index (χ4n) is 4.27. The van der Waals surface area contributed by atoms with Crippen molar-refractivity contribution in [1.29, 1.82) is 0 Å². The first-order valence-corrected chi connectivity index (χ1v) is 10.3. The molecule has 2 aliphatic rings. The van der Waals surface area contributed by atoms with Gasteiger partial charge in [0.1, 0.15) is 0 Å². The molecule has 1 aliphatic carbocycles. The van der Waals surface area contributed by atoms with Gasteiger partial charge in [-0.3, -0.25) is 4.79 Å². The molecule has 3 aromatic rings. The summed E-state index contributed by atoms with van der Waals surface area (Å²) in [4.78, 5) is 32.2. The lowest BCUT2D eigenvalue weighted by Gasteiger charge is -2.27. The highest BCUT2D eigenvalue weighted by Crippen LogP contribution is 2.39. The molecule has 0 bridgehead atoms. The SMILES string of the molecule is COC(=O)c1cc(-c2ccccc2)nc2c1Cc1cc(C(=O)N3CCOCC3)ccc1-2. The van der Waals surface area contributed by atoms with Crippen molar-refractivity contribution < 1.29 is 19.1 Å². The van der Waals surface area contributed by atoms with Crippen LogP contribution in [-0.4, -0.2) is 55.2 Å². The van der Waals surface area contributed by atoms with E-state index in [2.05, 4.69) is 0 Å². The number of rotatable bonds is 3. The third kappa shape index (κ3) is 3.49. The average molecular weight is 414 g/mol. The number of aromatic nitrogens is 1. The molecule has 1 aliphatic heterocycles. The maximum Gasteiger partial charge on any atom is 0.338 e. The first-order valence-electron chi connectivity index (χ1n) is 10.3. The second kappa shape index (κ2) is 7.96. The molecule has 1 fully saturated rings. The summed E-state index contributed by atoms with van der Waals surface area (Å²) in [5.74, 6) is -0.374. The van der Waals surface area contributed by atoms with E-state index in [9.17, 15) is 9.59 Å². The third-order valence-electron chi connectivity index (χ3n) is 5.87. The highest BCUT2D eigenvalue weighted by atomic mass is 16.5. The van der Waals surface area contributed by atoms with Gasteiger partial charge in [-0.15, -0.1) is 0 Å². The van der Waals surface area contributed by atoms with Gasteiger partial charge in [-0.05, 0) is 29.3 Å². The van der Waals surface area contributed by atoms with Gasteiger partial charge in [0.05, 0.1) is 37.3 Å². The van der Waals surface area contributed by atoms with Crippen molar-refractivity contribution in [2.24, 2.45) is 0 Å². The van der Waals surface area contributed by atoms with Crippen LogP contribution < -0.4 is 0 Å². The third-order valence-corrected chi connectivity index (χ3v) is 5.87. The van der Waals surface area contributed by atoms with Gasteiger partial charge in [-0.1, -0.05) is 36.4 Å². The number of hydrogen-bond donors (Lipinski definition) is 0. The maximum atomic E-state index is 12.9. The molecule has 2 aromatic carbocycles. The maximum absolute atomic E-state index is 12.9. The van der Waals surface area contributed by atoms with Crippen LogP contribution in [0.5, 0.6) is 0 Å². The number of hydrogen-bond acceptors (Lipinski definition) is 5. The van der Waals surface area contributed by atoms with Crippen molar-refractivity contribution in [2.75, 3.05) is 33.4 Å². The van der Waals surface area contributed by atoms with E-state index in [-0.39, 0.29) is 11.9 Å². The fourth-order valence-corrected chi connectivity index (χ4v) is 4.27. The lowest BCUT2D eigenvalue weighted by Crippen LogP contribution is -2.40. The standard InChI is InChI=1S/C25H22N2O4/c1-30-25(29)21-15-22(16-5-3-2-4-6-16)26-23-19-8-7-17(13-18(19)14-20(21)23)24(28)27-9-11-31-12-10-27/h2-8,13,15H,9-12,14H2,1H3. The van der Waals surface area contributed by atoms with E-state index in [0.29, 0.717) is 43.9 Å². The minimum atomic E-state index is -0.381. The van der Waals surface area contributed by atoms with Crippen molar-refractivity contribution in [3.63, 3.8) is 0 Å². The van der Waals surface area contributed by atoms with E-state index in [0.717, 1.165) is 33.6 Å². The Morgan fingerprint density at radius 1 is 1.03 bits per heavy atom.